The number of alkyl halides is 6. The zero-order valence-corrected chi connectivity index (χ0v) is 10.8. The molecule has 1 aromatic heterocycles. The molecular weight excluding hydrogens is 383 g/mol. The third-order valence-corrected chi connectivity index (χ3v) is 2.85. The van der Waals surface area contributed by atoms with Crippen molar-refractivity contribution in [3.8, 4) is 5.88 Å². The molecule has 0 bridgehead atoms. The number of rotatable bonds is 3. The summed E-state index contributed by atoms with van der Waals surface area (Å²) >= 11 is 7.01. The van der Waals surface area contributed by atoms with Gasteiger partial charge in [0.1, 0.15) is 5.69 Å². The molecule has 0 radical (unpaired) electrons. The maximum atomic E-state index is 12.4. The van der Waals surface area contributed by atoms with E-state index < -0.39 is 24.4 Å². The molecule has 0 unspecified atom stereocenters. The lowest BCUT2D eigenvalue weighted by Gasteiger charge is -2.13. The van der Waals surface area contributed by atoms with Crippen LogP contribution in [0.25, 0.3) is 0 Å². The first-order chi connectivity index (χ1) is 7.74. The number of pyridine rings is 1. The van der Waals surface area contributed by atoms with Gasteiger partial charge in [-0.05, 0) is 28.7 Å². The Morgan fingerprint density at radius 2 is 2.00 bits per heavy atom. The SMILES string of the molecule is FC(F)c1cc(I)c(CCl)c(OC(F)(F)F)n1. The summed E-state index contributed by atoms with van der Waals surface area (Å²) < 4.78 is 64.5. The normalized spacial score (nSPS) is 12.0. The Kier molecular flexibility index (Phi) is 4.76. The zero-order chi connectivity index (χ0) is 13.2. The third-order valence-electron chi connectivity index (χ3n) is 1.62. The minimum atomic E-state index is -5.00. The summed E-state index contributed by atoms with van der Waals surface area (Å²) in [5.41, 5.74) is -0.864. The van der Waals surface area contributed by atoms with Gasteiger partial charge in [-0.25, -0.2) is 13.8 Å². The van der Waals surface area contributed by atoms with Gasteiger partial charge < -0.3 is 4.74 Å². The summed E-state index contributed by atoms with van der Waals surface area (Å²) in [6, 6.07) is 0.964. The largest absolute Gasteiger partial charge is 0.574 e. The molecule has 1 aromatic rings. The number of hydrogen-bond acceptors (Lipinski definition) is 2. The van der Waals surface area contributed by atoms with Crippen LogP contribution in [0.4, 0.5) is 22.0 Å². The number of nitrogens with zero attached hydrogens (tertiary/aromatic N) is 1. The van der Waals surface area contributed by atoms with Crippen LogP contribution in [0.2, 0.25) is 0 Å². The van der Waals surface area contributed by atoms with E-state index in [1.165, 1.54) is 0 Å². The predicted molar refractivity (Wildman–Crippen MR) is 58.2 cm³/mol. The highest BCUT2D eigenvalue weighted by molar-refractivity contribution is 14.1. The van der Waals surface area contributed by atoms with Crippen molar-refractivity contribution in [3.05, 3.63) is 20.9 Å². The molecule has 0 aliphatic carbocycles. The van der Waals surface area contributed by atoms with Crippen LogP contribution in [-0.2, 0) is 5.88 Å². The lowest BCUT2D eigenvalue weighted by molar-refractivity contribution is -0.276. The van der Waals surface area contributed by atoms with Crippen molar-refractivity contribution in [2.24, 2.45) is 0 Å². The van der Waals surface area contributed by atoms with Crippen LogP contribution in [-0.4, -0.2) is 11.3 Å². The quantitative estimate of drug-likeness (QED) is 0.439. The molecule has 96 valence electrons. The van der Waals surface area contributed by atoms with Crippen LogP contribution in [0.3, 0.4) is 0 Å². The fourth-order valence-corrected chi connectivity index (χ4v) is 2.19. The van der Waals surface area contributed by atoms with Crippen LogP contribution < -0.4 is 4.74 Å². The molecule has 0 fully saturated rings. The van der Waals surface area contributed by atoms with E-state index in [9.17, 15) is 22.0 Å². The van der Waals surface area contributed by atoms with Gasteiger partial charge in [0.05, 0.1) is 5.88 Å². The van der Waals surface area contributed by atoms with Crippen LogP contribution in [0.5, 0.6) is 5.88 Å². The van der Waals surface area contributed by atoms with Gasteiger partial charge in [-0.1, -0.05) is 0 Å². The van der Waals surface area contributed by atoms with Gasteiger partial charge in [-0.2, -0.15) is 0 Å². The van der Waals surface area contributed by atoms with Gasteiger partial charge in [0.15, 0.2) is 0 Å². The Bertz CT molecular complexity index is 412. The van der Waals surface area contributed by atoms with Crippen molar-refractivity contribution in [2.75, 3.05) is 0 Å². The fourth-order valence-electron chi connectivity index (χ4n) is 0.963. The summed E-state index contributed by atoms with van der Waals surface area (Å²) in [4.78, 5) is 3.11. The Morgan fingerprint density at radius 1 is 1.41 bits per heavy atom. The summed E-state index contributed by atoms with van der Waals surface area (Å²) in [6.45, 7) is 0. The Balaban J connectivity index is 3.24. The zero-order valence-electron chi connectivity index (χ0n) is 7.86. The monoisotopic (exact) mass is 387 g/mol. The third kappa shape index (κ3) is 4.09. The van der Waals surface area contributed by atoms with Crippen LogP contribution in [0, 0.1) is 3.57 Å². The fraction of sp³-hybridized carbons (Fsp3) is 0.375. The van der Waals surface area contributed by atoms with Gasteiger partial charge in [-0.15, -0.1) is 24.8 Å². The van der Waals surface area contributed by atoms with Crippen molar-refractivity contribution in [2.45, 2.75) is 18.7 Å². The standard InChI is InChI=1S/C8H4ClF5INO/c9-2-3-4(15)1-5(6(10)11)16-7(3)17-8(12,13)14/h1,6H,2H2. The molecule has 1 rings (SSSR count). The summed E-state index contributed by atoms with van der Waals surface area (Å²) in [5.74, 6) is -1.25. The van der Waals surface area contributed by atoms with Crippen molar-refractivity contribution < 1.29 is 26.7 Å². The van der Waals surface area contributed by atoms with E-state index in [0.29, 0.717) is 0 Å². The van der Waals surface area contributed by atoms with Crippen LogP contribution in [0.1, 0.15) is 17.7 Å². The molecule has 0 N–H and O–H groups in total. The number of aromatic nitrogens is 1. The maximum Gasteiger partial charge on any atom is 0.574 e. The second-order valence-electron chi connectivity index (χ2n) is 2.79. The Hall–Kier alpha value is -0.380. The van der Waals surface area contributed by atoms with Gasteiger partial charge in [0.2, 0.25) is 5.88 Å². The molecule has 2 nitrogen and oxygen atoms in total. The van der Waals surface area contributed by atoms with Gasteiger partial charge in [0, 0.05) is 9.13 Å². The average Bonchev–Trinajstić information content (AvgIpc) is 2.14. The molecule has 1 heterocycles. The Morgan fingerprint density at radius 3 is 2.41 bits per heavy atom. The van der Waals surface area contributed by atoms with Gasteiger partial charge in [0.25, 0.3) is 6.43 Å². The minimum absolute atomic E-state index is 0.0750. The van der Waals surface area contributed by atoms with Gasteiger partial charge >= 0.3 is 6.36 Å². The average molecular weight is 387 g/mol. The molecule has 9 heteroatoms. The highest BCUT2D eigenvalue weighted by Crippen LogP contribution is 2.32. The van der Waals surface area contributed by atoms with E-state index in [0.717, 1.165) is 6.07 Å². The molecular formula is C8H4ClF5INO. The first kappa shape index (κ1) is 14.7. The van der Waals surface area contributed by atoms with E-state index >= 15 is 0 Å². The number of hydrogen-bond donors (Lipinski definition) is 0. The van der Waals surface area contributed by atoms with E-state index in [1.807, 2.05) is 0 Å². The molecule has 0 aliphatic rings. The summed E-state index contributed by atoms with van der Waals surface area (Å²) in [5, 5.41) is 0. The molecule has 0 aliphatic heterocycles. The van der Waals surface area contributed by atoms with Crippen LogP contribution >= 0.6 is 34.2 Å². The Labute approximate surface area is 111 Å². The van der Waals surface area contributed by atoms with Crippen molar-refractivity contribution in [1.82, 2.24) is 4.98 Å². The molecule has 0 aromatic carbocycles. The summed E-state index contributed by atoms with van der Waals surface area (Å²) in [6.07, 6.45) is -7.99. The lowest BCUT2D eigenvalue weighted by Crippen LogP contribution is -2.19. The van der Waals surface area contributed by atoms with E-state index in [1.54, 1.807) is 22.6 Å². The predicted octanol–water partition coefficient (Wildman–Crippen LogP) is 4.26. The second-order valence-corrected chi connectivity index (χ2v) is 4.22. The molecule has 0 saturated heterocycles. The molecule has 0 atom stereocenters. The number of ether oxygens (including phenoxy) is 1. The highest BCUT2D eigenvalue weighted by atomic mass is 127. The maximum absolute atomic E-state index is 12.4. The minimum Gasteiger partial charge on any atom is -0.387 e. The smallest absolute Gasteiger partial charge is 0.387 e. The molecule has 17 heavy (non-hydrogen) atoms. The molecule has 0 amide bonds. The van der Waals surface area contributed by atoms with E-state index in [4.69, 9.17) is 11.6 Å². The van der Waals surface area contributed by atoms with E-state index in [2.05, 4.69) is 9.72 Å². The number of halogens is 7. The lowest BCUT2D eigenvalue weighted by atomic mass is 10.2. The second kappa shape index (κ2) is 5.51. The first-order valence-electron chi connectivity index (χ1n) is 4.03. The summed E-state index contributed by atoms with van der Waals surface area (Å²) in [7, 11) is 0. The van der Waals surface area contributed by atoms with Crippen molar-refractivity contribution in [1.29, 1.82) is 0 Å². The van der Waals surface area contributed by atoms with Gasteiger partial charge in [-0.3, -0.25) is 0 Å². The molecule has 0 spiro atoms. The van der Waals surface area contributed by atoms with E-state index in [-0.39, 0.29) is 15.0 Å². The topological polar surface area (TPSA) is 22.1 Å². The van der Waals surface area contributed by atoms with Crippen LogP contribution in [0.15, 0.2) is 6.07 Å². The highest BCUT2D eigenvalue weighted by Gasteiger charge is 2.33. The first-order valence-corrected chi connectivity index (χ1v) is 5.65. The van der Waals surface area contributed by atoms with Crippen molar-refractivity contribution in [3.63, 3.8) is 0 Å². The van der Waals surface area contributed by atoms with Crippen molar-refractivity contribution >= 4 is 34.2 Å². The molecule has 0 saturated carbocycles.